The molecule has 2 N–H and O–H groups in total. The van der Waals surface area contributed by atoms with Gasteiger partial charge in [-0.05, 0) is 31.5 Å². The molecule has 0 amide bonds. The van der Waals surface area contributed by atoms with Crippen molar-refractivity contribution in [1.82, 2.24) is 4.98 Å². The number of hydrogen-bond acceptors (Lipinski definition) is 4. The van der Waals surface area contributed by atoms with Crippen LogP contribution in [0, 0.1) is 13.8 Å². The minimum atomic E-state index is -0.924. The molecule has 0 saturated heterocycles. The monoisotopic (exact) mass is 262 g/mol. The zero-order valence-corrected chi connectivity index (χ0v) is 11.0. The highest BCUT2D eigenvalue weighted by Gasteiger charge is 2.10. The zero-order chi connectivity index (χ0) is 13.1. The van der Waals surface area contributed by atoms with Crippen molar-refractivity contribution in [3.05, 3.63) is 45.4 Å². The Morgan fingerprint density at radius 1 is 1.44 bits per heavy atom. The van der Waals surface area contributed by atoms with Crippen molar-refractivity contribution in [3.63, 3.8) is 0 Å². The van der Waals surface area contributed by atoms with Crippen LogP contribution in [-0.2, 0) is 6.54 Å². The molecule has 94 valence electrons. The second-order valence-electron chi connectivity index (χ2n) is 4.07. The average Bonchev–Trinajstić information content (AvgIpc) is 2.72. The highest BCUT2D eigenvalue weighted by atomic mass is 32.1. The molecule has 2 rings (SSSR count). The van der Waals surface area contributed by atoms with E-state index in [2.05, 4.69) is 10.3 Å². The molecule has 0 aliphatic carbocycles. The maximum absolute atomic E-state index is 11.1. The molecule has 2 aromatic rings. The Morgan fingerprint density at radius 2 is 2.22 bits per heavy atom. The number of aromatic nitrogens is 1. The van der Waals surface area contributed by atoms with Gasteiger partial charge in [0.25, 0.3) is 0 Å². The first kappa shape index (κ1) is 12.6. The van der Waals surface area contributed by atoms with E-state index in [0.717, 1.165) is 16.3 Å². The van der Waals surface area contributed by atoms with Crippen molar-refractivity contribution in [2.45, 2.75) is 20.4 Å². The lowest BCUT2D eigenvalue weighted by Gasteiger charge is -2.09. The van der Waals surface area contributed by atoms with E-state index in [1.807, 2.05) is 25.3 Å². The summed E-state index contributed by atoms with van der Waals surface area (Å²) >= 11 is 1.59. The minimum absolute atomic E-state index is 0.285. The molecular formula is C13H14N2O2S. The Hall–Kier alpha value is -1.88. The molecule has 1 aromatic heterocycles. The van der Waals surface area contributed by atoms with Gasteiger partial charge in [-0.1, -0.05) is 6.07 Å². The molecular weight excluding hydrogens is 248 g/mol. The Morgan fingerprint density at radius 3 is 2.83 bits per heavy atom. The van der Waals surface area contributed by atoms with Gasteiger partial charge in [0.1, 0.15) is 0 Å². The predicted molar refractivity (Wildman–Crippen MR) is 72.3 cm³/mol. The Balaban J connectivity index is 2.17. The van der Waals surface area contributed by atoms with Crippen molar-refractivity contribution >= 4 is 23.0 Å². The second-order valence-corrected chi connectivity index (χ2v) is 5.13. The van der Waals surface area contributed by atoms with E-state index in [1.165, 1.54) is 0 Å². The number of rotatable bonds is 4. The van der Waals surface area contributed by atoms with Crippen LogP contribution in [0.15, 0.2) is 23.6 Å². The summed E-state index contributed by atoms with van der Waals surface area (Å²) in [6.07, 6.45) is 0. The summed E-state index contributed by atoms with van der Waals surface area (Å²) in [7, 11) is 0. The number of carboxylic acid groups (broad SMARTS) is 1. The highest BCUT2D eigenvalue weighted by Crippen LogP contribution is 2.19. The molecule has 0 unspecified atom stereocenters. The van der Waals surface area contributed by atoms with Crippen LogP contribution in [0.25, 0.3) is 0 Å². The summed E-state index contributed by atoms with van der Waals surface area (Å²) in [5, 5.41) is 15.2. The fourth-order valence-corrected chi connectivity index (χ4v) is 2.28. The van der Waals surface area contributed by atoms with Gasteiger partial charge in [0, 0.05) is 11.1 Å². The lowest BCUT2D eigenvalue weighted by molar-refractivity contribution is 0.0698. The second kappa shape index (κ2) is 5.18. The molecule has 1 heterocycles. The van der Waals surface area contributed by atoms with E-state index in [9.17, 15) is 4.79 Å². The number of thiazole rings is 1. The molecule has 5 heteroatoms. The first-order valence-electron chi connectivity index (χ1n) is 5.55. The SMILES string of the molecule is Cc1ccc(C(=O)O)c(NCc2csc(C)n2)c1. The third-order valence-electron chi connectivity index (χ3n) is 2.53. The van der Waals surface area contributed by atoms with Crippen LogP contribution in [0.4, 0.5) is 5.69 Å². The molecule has 18 heavy (non-hydrogen) atoms. The van der Waals surface area contributed by atoms with Crippen molar-refractivity contribution in [2.75, 3.05) is 5.32 Å². The van der Waals surface area contributed by atoms with Gasteiger partial charge in [-0.3, -0.25) is 0 Å². The number of aryl methyl sites for hydroxylation is 2. The van der Waals surface area contributed by atoms with Crippen molar-refractivity contribution in [3.8, 4) is 0 Å². The minimum Gasteiger partial charge on any atom is -0.478 e. The summed E-state index contributed by atoms with van der Waals surface area (Å²) in [5.74, 6) is -0.924. The number of aromatic carboxylic acids is 1. The van der Waals surface area contributed by atoms with Gasteiger partial charge in [-0.2, -0.15) is 0 Å². The van der Waals surface area contributed by atoms with Gasteiger partial charge in [-0.15, -0.1) is 11.3 Å². The van der Waals surface area contributed by atoms with E-state index in [1.54, 1.807) is 23.5 Å². The molecule has 0 radical (unpaired) electrons. The number of carbonyl (C=O) groups is 1. The number of nitrogens with one attached hydrogen (secondary N) is 1. The van der Waals surface area contributed by atoms with Crippen LogP contribution < -0.4 is 5.32 Å². The third-order valence-corrected chi connectivity index (χ3v) is 3.35. The molecule has 0 atom stereocenters. The predicted octanol–water partition coefficient (Wildman–Crippen LogP) is 3.07. The van der Waals surface area contributed by atoms with Crippen LogP contribution in [-0.4, -0.2) is 16.1 Å². The third kappa shape index (κ3) is 2.87. The van der Waals surface area contributed by atoms with Gasteiger partial charge in [0.05, 0.1) is 22.8 Å². The molecule has 0 spiro atoms. The topological polar surface area (TPSA) is 62.2 Å². The fourth-order valence-electron chi connectivity index (χ4n) is 1.67. The first-order chi connectivity index (χ1) is 8.56. The van der Waals surface area contributed by atoms with E-state index in [-0.39, 0.29) is 5.56 Å². The summed E-state index contributed by atoms with van der Waals surface area (Å²) in [5.41, 5.74) is 2.87. The van der Waals surface area contributed by atoms with Gasteiger partial charge in [-0.25, -0.2) is 9.78 Å². The summed E-state index contributed by atoms with van der Waals surface area (Å²) in [4.78, 5) is 15.4. The van der Waals surface area contributed by atoms with Crippen LogP contribution in [0.1, 0.15) is 26.6 Å². The van der Waals surface area contributed by atoms with Crippen molar-refractivity contribution in [2.24, 2.45) is 0 Å². The van der Waals surface area contributed by atoms with Gasteiger partial charge >= 0.3 is 5.97 Å². The van der Waals surface area contributed by atoms with Gasteiger partial charge in [0.2, 0.25) is 0 Å². The fraction of sp³-hybridized carbons (Fsp3) is 0.231. The first-order valence-corrected chi connectivity index (χ1v) is 6.43. The van der Waals surface area contributed by atoms with Crippen LogP contribution >= 0.6 is 11.3 Å². The van der Waals surface area contributed by atoms with Crippen molar-refractivity contribution in [1.29, 1.82) is 0 Å². The van der Waals surface area contributed by atoms with Crippen LogP contribution in [0.3, 0.4) is 0 Å². The standard InChI is InChI=1S/C13H14N2O2S/c1-8-3-4-11(13(16)17)12(5-8)14-6-10-7-18-9(2)15-10/h3-5,7,14H,6H2,1-2H3,(H,16,17). The van der Waals surface area contributed by atoms with E-state index in [4.69, 9.17) is 5.11 Å². The molecule has 0 aliphatic heterocycles. The molecule has 0 bridgehead atoms. The number of carboxylic acids is 1. The number of benzene rings is 1. The normalized spacial score (nSPS) is 10.3. The molecule has 4 nitrogen and oxygen atoms in total. The maximum Gasteiger partial charge on any atom is 0.337 e. The zero-order valence-electron chi connectivity index (χ0n) is 10.2. The summed E-state index contributed by atoms with van der Waals surface area (Å²) in [6, 6.07) is 5.25. The highest BCUT2D eigenvalue weighted by molar-refractivity contribution is 7.09. The molecule has 1 aromatic carbocycles. The quantitative estimate of drug-likeness (QED) is 0.889. The lowest BCUT2D eigenvalue weighted by Crippen LogP contribution is -2.07. The van der Waals surface area contributed by atoms with Crippen LogP contribution in [0.2, 0.25) is 0 Å². The van der Waals surface area contributed by atoms with Crippen molar-refractivity contribution < 1.29 is 9.90 Å². The van der Waals surface area contributed by atoms with Gasteiger partial charge in [0.15, 0.2) is 0 Å². The molecule has 0 saturated carbocycles. The smallest absolute Gasteiger partial charge is 0.337 e. The van der Waals surface area contributed by atoms with E-state index >= 15 is 0 Å². The van der Waals surface area contributed by atoms with E-state index < -0.39 is 5.97 Å². The summed E-state index contributed by atoms with van der Waals surface area (Å²) in [6.45, 7) is 4.42. The van der Waals surface area contributed by atoms with Gasteiger partial charge < -0.3 is 10.4 Å². The van der Waals surface area contributed by atoms with Crippen LogP contribution in [0.5, 0.6) is 0 Å². The summed E-state index contributed by atoms with van der Waals surface area (Å²) < 4.78 is 0. The largest absolute Gasteiger partial charge is 0.478 e. The maximum atomic E-state index is 11.1. The lowest BCUT2D eigenvalue weighted by atomic mass is 10.1. The molecule has 0 aliphatic rings. The average molecular weight is 262 g/mol. The Bertz CT molecular complexity index is 578. The number of nitrogens with zero attached hydrogens (tertiary/aromatic N) is 1. The van der Waals surface area contributed by atoms with E-state index in [0.29, 0.717) is 12.2 Å². The Labute approximate surface area is 109 Å². The number of hydrogen-bond donors (Lipinski definition) is 2. The number of anilines is 1. The Kier molecular flexibility index (Phi) is 3.62. The molecule has 0 fully saturated rings.